The summed E-state index contributed by atoms with van der Waals surface area (Å²) in [6, 6.07) is 8.85. The number of anilines is 1. The summed E-state index contributed by atoms with van der Waals surface area (Å²) in [6.07, 6.45) is 3.53. The average molecular weight is 288 g/mol. The van der Waals surface area contributed by atoms with Crippen LogP contribution < -0.4 is 5.32 Å². The maximum absolute atomic E-state index is 11.7. The Morgan fingerprint density at radius 2 is 2.24 bits per heavy atom. The van der Waals surface area contributed by atoms with Crippen LogP contribution in [0.1, 0.15) is 31.2 Å². The van der Waals surface area contributed by atoms with Crippen LogP contribution in [0, 0.1) is 11.3 Å². The van der Waals surface area contributed by atoms with Gasteiger partial charge in [0.05, 0.1) is 24.3 Å². The molecule has 1 atom stereocenters. The summed E-state index contributed by atoms with van der Waals surface area (Å²) in [4.78, 5) is 11.7. The second-order valence-electron chi connectivity index (χ2n) is 5.05. The number of ether oxygens (including phenoxy) is 2. The normalized spacial score (nSPS) is 17.4. The minimum Gasteiger partial charge on any atom is -0.379 e. The Labute approximate surface area is 124 Å². The van der Waals surface area contributed by atoms with Crippen molar-refractivity contribution in [2.24, 2.45) is 0 Å². The maximum Gasteiger partial charge on any atom is 0.224 e. The molecule has 2 rings (SSSR count). The van der Waals surface area contributed by atoms with Crippen molar-refractivity contribution in [3.05, 3.63) is 29.8 Å². The van der Waals surface area contributed by atoms with Crippen molar-refractivity contribution in [1.82, 2.24) is 0 Å². The van der Waals surface area contributed by atoms with E-state index in [0.29, 0.717) is 37.3 Å². The Hall–Kier alpha value is -1.90. The van der Waals surface area contributed by atoms with Crippen LogP contribution in [0.2, 0.25) is 0 Å². The Morgan fingerprint density at radius 1 is 1.43 bits per heavy atom. The molecule has 1 aromatic rings. The van der Waals surface area contributed by atoms with Gasteiger partial charge in [0.15, 0.2) is 0 Å². The van der Waals surface area contributed by atoms with E-state index in [0.717, 1.165) is 19.4 Å². The lowest BCUT2D eigenvalue weighted by molar-refractivity contribution is -0.116. The topological polar surface area (TPSA) is 71.4 Å². The van der Waals surface area contributed by atoms with Crippen LogP contribution in [-0.2, 0) is 14.3 Å². The van der Waals surface area contributed by atoms with Gasteiger partial charge in [-0.05, 0) is 43.5 Å². The zero-order chi connectivity index (χ0) is 14.9. The van der Waals surface area contributed by atoms with Crippen LogP contribution in [0.3, 0.4) is 0 Å². The predicted octanol–water partition coefficient (Wildman–Crippen LogP) is 2.47. The van der Waals surface area contributed by atoms with E-state index in [1.807, 2.05) is 6.07 Å². The zero-order valence-corrected chi connectivity index (χ0v) is 12.0. The number of nitrogens with zero attached hydrogens (tertiary/aromatic N) is 1. The van der Waals surface area contributed by atoms with Crippen molar-refractivity contribution < 1.29 is 14.3 Å². The van der Waals surface area contributed by atoms with E-state index >= 15 is 0 Å². The summed E-state index contributed by atoms with van der Waals surface area (Å²) >= 11 is 0. The van der Waals surface area contributed by atoms with Gasteiger partial charge in [-0.1, -0.05) is 0 Å². The highest BCUT2D eigenvalue weighted by Gasteiger charge is 2.15. The summed E-state index contributed by atoms with van der Waals surface area (Å²) in [6.45, 7) is 2.03. The molecule has 0 spiro atoms. The summed E-state index contributed by atoms with van der Waals surface area (Å²) < 4.78 is 11.0. The molecule has 21 heavy (non-hydrogen) atoms. The number of hydrogen-bond acceptors (Lipinski definition) is 4. The highest BCUT2D eigenvalue weighted by atomic mass is 16.5. The second-order valence-corrected chi connectivity index (χ2v) is 5.05. The number of benzene rings is 1. The van der Waals surface area contributed by atoms with Gasteiger partial charge in [-0.25, -0.2) is 0 Å². The fourth-order valence-corrected chi connectivity index (χ4v) is 2.18. The van der Waals surface area contributed by atoms with Gasteiger partial charge < -0.3 is 14.8 Å². The van der Waals surface area contributed by atoms with Crippen molar-refractivity contribution in [2.45, 2.75) is 31.8 Å². The van der Waals surface area contributed by atoms with Gasteiger partial charge in [0.2, 0.25) is 5.91 Å². The number of carbonyl (C=O) groups excluding carboxylic acids is 1. The summed E-state index contributed by atoms with van der Waals surface area (Å²) in [5.41, 5.74) is 1.29. The summed E-state index contributed by atoms with van der Waals surface area (Å²) in [5.74, 6) is -0.0413. The lowest BCUT2D eigenvalue weighted by Gasteiger charge is -2.10. The summed E-state index contributed by atoms with van der Waals surface area (Å²) in [5, 5.41) is 11.5. The van der Waals surface area contributed by atoms with Crippen molar-refractivity contribution in [1.29, 1.82) is 5.26 Å². The third-order valence-electron chi connectivity index (χ3n) is 3.32. The molecule has 1 aromatic carbocycles. The van der Waals surface area contributed by atoms with Crippen molar-refractivity contribution in [3.8, 4) is 6.07 Å². The molecular formula is C16H20N2O3. The first-order valence-electron chi connectivity index (χ1n) is 7.27. The molecule has 1 fully saturated rings. The third-order valence-corrected chi connectivity index (χ3v) is 3.32. The van der Waals surface area contributed by atoms with Crippen LogP contribution in [0.25, 0.3) is 0 Å². The monoisotopic (exact) mass is 288 g/mol. The molecule has 0 saturated carbocycles. The van der Waals surface area contributed by atoms with Crippen molar-refractivity contribution in [3.63, 3.8) is 0 Å². The van der Waals surface area contributed by atoms with E-state index < -0.39 is 0 Å². The van der Waals surface area contributed by atoms with Crippen LogP contribution in [0.4, 0.5) is 5.69 Å². The molecule has 5 heteroatoms. The van der Waals surface area contributed by atoms with Gasteiger partial charge in [-0.3, -0.25) is 4.79 Å². The van der Waals surface area contributed by atoms with Crippen molar-refractivity contribution in [2.75, 3.05) is 25.1 Å². The fourth-order valence-electron chi connectivity index (χ4n) is 2.18. The Bertz CT molecular complexity index is 487. The van der Waals surface area contributed by atoms with E-state index in [4.69, 9.17) is 14.7 Å². The minimum absolute atomic E-state index is 0.0413. The van der Waals surface area contributed by atoms with Crippen LogP contribution in [-0.4, -0.2) is 31.8 Å². The smallest absolute Gasteiger partial charge is 0.224 e. The standard InChI is InChI=1S/C16H20N2O3/c17-11-13-5-7-14(8-6-13)18-16(19)4-2-9-20-12-15-3-1-10-21-15/h5-8,15H,1-4,9-10,12H2,(H,18,19). The first-order valence-corrected chi connectivity index (χ1v) is 7.27. The lowest BCUT2D eigenvalue weighted by Crippen LogP contribution is -2.16. The number of hydrogen-bond donors (Lipinski definition) is 1. The highest BCUT2D eigenvalue weighted by Crippen LogP contribution is 2.12. The molecule has 1 aliphatic heterocycles. The van der Waals surface area contributed by atoms with Crippen LogP contribution in [0.5, 0.6) is 0 Å². The average Bonchev–Trinajstić information content (AvgIpc) is 3.01. The molecule has 1 amide bonds. The number of carbonyl (C=O) groups is 1. The number of nitrogens with one attached hydrogen (secondary N) is 1. The van der Waals surface area contributed by atoms with Gasteiger partial charge in [-0.2, -0.15) is 5.26 Å². The molecule has 1 aliphatic rings. The lowest BCUT2D eigenvalue weighted by atomic mass is 10.2. The molecule has 1 saturated heterocycles. The fraction of sp³-hybridized carbons (Fsp3) is 0.500. The number of amides is 1. The SMILES string of the molecule is N#Cc1ccc(NC(=O)CCCOCC2CCCO2)cc1. The Balaban J connectivity index is 1.57. The van der Waals surface area contributed by atoms with Crippen LogP contribution >= 0.6 is 0 Å². The van der Waals surface area contributed by atoms with Crippen molar-refractivity contribution >= 4 is 11.6 Å². The predicted molar refractivity (Wildman–Crippen MR) is 78.8 cm³/mol. The molecule has 0 radical (unpaired) electrons. The molecule has 1 N–H and O–H groups in total. The quantitative estimate of drug-likeness (QED) is 0.782. The van der Waals surface area contributed by atoms with E-state index in [1.54, 1.807) is 24.3 Å². The Morgan fingerprint density at radius 3 is 2.90 bits per heavy atom. The first-order chi connectivity index (χ1) is 10.3. The number of rotatable bonds is 7. The van der Waals surface area contributed by atoms with Gasteiger partial charge in [0, 0.05) is 25.3 Å². The molecule has 0 bridgehead atoms. The third kappa shape index (κ3) is 5.54. The molecular weight excluding hydrogens is 268 g/mol. The first kappa shape index (κ1) is 15.5. The van der Waals surface area contributed by atoms with Gasteiger partial charge in [0.25, 0.3) is 0 Å². The minimum atomic E-state index is -0.0413. The molecule has 1 unspecified atom stereocenters. The molecule has 5 nitrogen and oxygen atoms in total. The second kappa shape index (κ2) is 8.40. The van der Waals surface area contributed by atoms with Gasteiger partial charge >= 0.3 is 0 Å². The maximum atomic E-state index is 11.7. The molecule has 0 aromatic heterocycles. The van der Waals surface area contributed by atoms with E-state index in [-0.39, 0.29) is 12.0 Å². The highest BCUT2D eigenvalue weighted by molar-refractivity contribution is 5.90. The zero-order valence-electron chi connectivity index (χ0n) is 12.0. The van der Waals surface area contributed by atoms with Gasteiger partial charge in [0.1, 0.15) is 0 Å². The summed E-state index contributed by atoms with van der Waals surface area (Å²) in [7, 11) is 0. The van der Waals surface area contributed by atoms with Crippen LogP contribution in [0.15, 0.2) is 24.3 Å². The molecule has 0 aliphatic carbocycles. The largest absolute Gasteiger partial charge is 0.379 e. The Kier molecular flexibility index (Phi) is 6.20. The van der Waals surface area contributed by atoms with E-state index in [9.17, 15) is 4.79 Å². The molecule has 1 heterocycles. The molecule has 112 valence electrons. The van der Waals surface area contributed by atoms with E-state index in [2.05, 4.69) is 5.32 Å². The van der Waals surface area contributed by atoms with Gasteiger partial charge in [-0.15, -0.1) is 0 Å². The van der Waals surface area contributed by atoms with E-state index in [1.165, 1.54) is 0 Å². The number of nitriles is 1.